The number of aromatic nitrogens is 1. The van der Waals surface area contributed by atoms with E-state index < -0.39 is 34.9 Å². The number of hydrogen-bond donors (Lipinski definition) is 2. The second kappa shape index (κ2) is 9.33. The first-order valence-corrected chi connectivity index (χ1v) is 10.6. The van der Waals surface area contributed by atoms with Crippen molar-refractivity contribution >= 4 is 22.9 Å². The average molecular weight is 456 g/mol. The summed E-state index contributed by atoms with van der Waals surface area (Å²) in [4.78, 5) is 17.8. The van der Waals surface area contributed by atoms with Gasteiger partial charge in [-0.1, -0.05) is 30.4 Å². The highest BCUT2D eigenvalue weighted by molar-refractivity contribution is 5.82. The fraction of sp³-hybridized carbons (Fsp3) is 0.280. The standard InChI is InChI=1S/C25H23F3N2O3/c26-17-7-8-19(27)16(12-17)4-3-11-30-14-25(15-30,24(32)33)10-9-22(31)23-18-5-1-2-6-21(18)29-13-20(23)28/h1-8,12-13,22,31H,9-11,14-15H2,(H,32,33)/b4-3+. The predicted octanol–water partition coefficient (Wildman–Crippen LogP) is 4.57. The number of carboxylic acid groups (broad SMARTS) is 1. The minimum absolute atomic E-state index is 0.0788. The van der Waals surface area contributed by atoms with Crippen LogP contribution < -0.4 is 0 Å². The Morgan fingerprint density at radius 3 is 2.67 bits per heavy atom. The van der Waals surface area contributed by atoms with Crippen LogP contribution in [0.15, 0.2) is 54.7 Å². The molecule has 1 aliphatic heterocycles. The number of likely N-dealkylation sites (tertiary alicyclic amines) is 1. The number of para-hydroxylation sites is 1. The lowest BCUT2D eigenvalue weighted by molar-refractivity contribution is -0.161. The number of benzene rings is 2. The zero-order chi connectivity index (χ0) is 23.6. The van der Waals surface area contributed by atoms with Crippen LogP contribution in [0.2, 0.25) is 0 Å². The maximum Gasteiger partial charge on any atom is 0.312 e. The first-order chi connectivity index (χ1) is 15.8. The van der Waals surface area contributed by atoms with Crippen molar-refractivity contribution in [3.63, 3.8) is 0 Å². The Hall–Kier alpha value is -3.23. The molecule has 1 saturated heterocycles. The van der Waals surface area contributed by atoms with E-state index in [2.05, 4.69) is 4.98 Å². The number of carboxylic acids is 1. The second-order valence-corrected chi connectivity index (χ2v) is 8.41. The Morgan fingerprint density at radius 1 is 1.15 bits per heavy atom. The molecule has 0 bridgehead atoms. The molecule has 5 nitrogen and oxygen atoms in total. The molecule has 0 aliphatic carbocycles. The number of hydrogen-bond acceptors (Lipinski definition) is 4. The molecule has 1 aliphatic rings. The summed E-state index contributed by atoms with van der Waals surface area (Å²) in [6.07, 6.45) is 3.25. The van der Waals surface area contributed by atoms with Gasteiger partial charge in [-0.15, -0.1) is 0 Å². The first kappa shape index (κ1) is 22.9. The van der Waals surface area contributed by atoms with Crippen molar-refractivity contribution < 1.29 is 28.2 Å². The van der Waals surface area contributed by atoms with E-state index in [4.69, 9.17) is 0 Å². The zero-order valence-electron chi connectivity index (χ0n) is 17.7. The van der Waals surface area contributed by atoms with Crippen molar-refractivity contribution in [2.75, 3.05) is 19.6 Å². The van der Waals surface area contributed by atoms with E-state index in [0.29, 0.717) is 17.4 Å². The number of nitrogens with zero attached hydrogens (tertiary/aromatic N) is 2. The fourth-order valence-corrected chi connectivity index (χ4v) is 4.34. The lowest BCUT2D eigenvalue weighted by atomic mass is 9.75. The summed E-state index contributed by atoms with van der Waals surface area (Å²) in [6.45, 7) is 0.854. The van der Waals surface area contributed by atoms with E-state index in [-0.39, 0.29) is 37.1 Å². The van der Waals surface area contributed by atoms with Crippen LogP contribution in [-0.4, -0.2) is 45.7 Å². The molecule has 8 heteroatoms. The van der Waals surface area contributed by atoms with Gasteiger partial charge in [0, 0.05) is 36.1 Å². The predicted molar refractivity (Wildman–Crippen MR) is 118 cm³/mol. The molecular weight excluding hydrogens is 433 g/mol. The molecule has 4 rings (SSSR count). The highest BCUT2D eigenvalue weighted by Gasteiger charge is 2.48. The molecule has 2 N–H and O–H groups in total. The van der Waals surface area contributed by atoms with Crippen LogP contribution in [-0.2, 0) is 4.79 Å². The van der Waals surface area contributed by atoms with Crippen molar-refractivity contribution in [2.24, 2.45) is 5.41 Å². The van der Waals surface area contributed by atoms with Gasteiger partial charge in [-0.2, -0.15) is 0 Å². The molecule has 2 heterocycles. The topological polar surface area (TPSA) is 73.7 Å². The van der Waals surface area contributed by atoms with Crippen LogP contribution in [0.25, 0.3) is 17.0 Å². The highest BCUT2D eigenvalue weighted by atomic mass is 19.1. The maximum absolute atomic E-state index is 14.4. The monoisotopic (exact) mass is 456 g/mol. The largest absolute Gasteiger partial charge is 0.481 e. The summed E-state index contributed by atoms with van der Waals surface area (Å²) in [7, 11) is 0. The van der Waals surface area contributed by atoms with Crippen molar-refractivity contribution in [2.45, 2.75) is 18.9 Å². The highest BCUT2D eigenvalue weighted by Crippen LogP contribution is 2.39. The Bertz CT molecular complexity index is 1210. The van der Waals surface area contributed by atoms with Crippen molar-refractivity contribution in [3.05, 3.63) is 83.3 Å². The molecule has 0 amide bonds. The van der Waals surface area contributed by atoms with Gasteiger partial charge in [0.15, 0.2) is 0 Å². The number of fused-ring (bicyclic) bond motifs is 1. The summed E-state index contributed by atoms with van der Waals surface area (Å²) in [5.74, 6) is -2.69. The molecule has 172 valence electrons. The third-order valence-electron chi connectivity index (χ3n) is 6.12. The van der Waals surface area contributed by atoms with Crippen LogP contribution in [0.4, 0.5) is 13.2 Å². The van der Waals surface area contributed by atoms with E-state index in [1.165, 1.54) is 6.08 Å². The van der Waals surface area contributed by atoms with E-state index in [9.17, 15) is 28.2 Å². The van der Waals surface area contributed by atoms with Crippen LogP contribution >= 0.6 is 0 Å². The third-order valence-corrected chi connectivity index (χ3v) is 6.12. The van der Waals surface area contributed by atoms with Crippen LogP contribution in [0.1, 0.15) is 30.1 Å². The quantitative estimate of drug-likeness (QED) is 0.520. The van der Waals surface area contributed by atoms with E-state index in [1.807, 2.05) is 4.90 Å². The summed E-state index contributed by atoms with van der Waals surface area (Å²) < 4.78 is 41.4. The summed E-state index contributed by atoms with van der Waals surface area (Å²) in [5, 5.41) is 21.0. The SMILES string of the molecule is O=C(O)C1(CCC(O)c2c(F)cnc3ccccc23)CN(C/C=C/c2cc(F)ccc2F)C1. The van der Waals surface area contributed by atoms with Gasteiger partial charge >= 0.3 is 5.97 Å². The molecule has 0 radical (unpaired) electrons. The van der Waals surface area contributed by atoms with Gasteiger partial charge in [-0.3, -0.25) is 14.7 Å². The number of pyridine rings is 1. The number of carbonyl (C=O) groups is 1. The third kappa shape index (κ3) is 4.77. The van der Waals surface area contributed by atoms with Crippen LogP contribution in [0, 0.1) is 22.9 Å². The number of aliphatic hydroxyl groups excluding tert-OH is 1. The number of rotatable bonds is 8. The summed E-state index contributed by atoms with van der Waals surface area (Å²) in [6, 6.07) is 10.1. The Kier molecular flexibility index (Phi) is 6.49. The molecule has 1 aromatic heterocycles. The lowest BCUT2D eigenvalue weighted by Gasteiger charge is -2.47. The molecule has 1 fully saturated rings. The van der Waals surface area contributed by atoms with Gasteiger partial charge in [0.1, 0.15) is 17.5 Å². The minimum Gasteiger partial charge on any atom is -0.481 e. The van der Waals surface area contributed by atoms with Crippen LogP contribution in [0.3, 0.4) is 0 Å². The first-order valence-electron chi connectivity index (χ1n) is 10.6. The summed E-state index contributed by atoms with van der Waals surface area (Å²) in [5.41, 5.74) is -0.262. The molecule has 0 spiro atoms. The van der Waals surface area contributed by atoms with E-state index >= 15 is 0 Å². The fourth-order valence-electron chi connectivity index (χ4n) is 4.34. The number of halogens is 3. The molecule has 33 heavy (non-hydrogen) atoms. The normalized spacial score (nSPS) is 16.7. The molecule has 1 atom stereocenters. The zero-order valence-corrected chi connectivity index (χ0v) is 17.7. The molecule has 2 aromatic carbocycles. The maximum atomic E-state index is 14.4. The Balaban J connectivity index is 1.39. The average Bonchev–Trinajstić information content (AvgIpc) is 2.76. The van der Waals surface area contributed by atoms with Crippen molar-refractivity contribution in [1.82, 2.24) is 9.88 Å². The van der Waals surface area contributed by atoms with Gasteiger partial charge in [0.05, 0.1) is 23.2 Å². The van der Waals surface area contributed by atoms with Crippen molar-refractivity contribution in [3.8, 4) is 0 Å². The number of aliphatic carboxylic acids is 1. The van der Waals surface area contributed by atoms with E-state index in [0.717, 1.165) is 24.4 Å². The van der Waals surface area contributed by atoms with E-state index in [1.54, 1.807) is 30.3 Å². The molecular formula is C25H23F3N2O3. The van der Waals surface area contributed by atoms with Gasteiger partial charge in [-0.05, 0) is 37.1 Å². The molecule has 0 saturated carbocycles. The minimum atomic E-state index is -1.17. The second-order valence-electron chi connectivity index (χ2n) is 8.41. The Morgan fingerprint density at radius 2 is 1.91 bits per heavy atom. The summed E-state index contributed by atoms with van der Waals surface area (Å²) >= 11 is 0. The van der Waals surface area contributed by atoms with Crippen molar-refractivity contribution in [1.29, 1.82) is 0 Å². The van der Waals surface area contributed by atoms with Crippen LogP contribution in [0.5, 0.6) is 0 Å². The molecule has 1 unspecified atom stereocenters. The molecule has 3 aromatic rings. The van der Waals surface area contributed by atoms with Gasteiger partial charge in [0.2, 0.25) is 0 Å². The number of aliphatic hydroxyl groups is 1. The Labute approximate surface area is 188 Å². The van der Waals surface area contributed by atoms with Gasteiger partial charge < -0.3 is 10.2 Å². The smallest absolute Gasteiger partial charge is 0.312 e. The lowest BCUT2D eigenvalue weighted by Crippen LogP contribution is -2.60. The van der Waals surface area contributed by atoms with Gasteiger partial charge in [0.25, 0.3) is 0 Å². The van der Waals surface area contributed by atoms with Gasteiger partial charge in [-0.25, -0.2) is 13.2 Å².